The summed E-state index contributed by atoms with van der Waals surface area (Å²) >= 11 is 0. The number of nitro benzene ring substituents is 1. The highest BCUT2D eigenvalue weighted by molar-refractivity contribution is 5.64. The molecule has 2 aromatic rings. The molecule has 0 heterocycles. The molecule has 0 aromatic heterocycles. The first-order valence-electron chi connectivity index (χ1n) is 6.92. The Morgan fingerprint density at radius 1 is 1.14 bits per heavy atom. The van der Waals surface area contributed by atoms with Crippen LogP contribution in [0.3, 0.4) is 0 Å². The number of hydrogen-bond donors (Lipinski definition) is 2. The Balaban J connectivity index is 1.66. The standard InChI is InChI=1S/C16H16N2O3/c19-14-6-7-15(16(10-14)18(20)21)17-13-8-12(9-13)11-4-2-1-3-5-11/h1-7,10,12-13,17,19H,8-9H2. The molecule has 0 saturated heterocycles. The fourth-order valence-corrected chi connectivity index (χ4v) is 2.75. The van der Waals surface area contributed by atoms with Crippen molar-refractivity contribution in [3.63, 3.8) is 0 Å². The van der Waals surface area contributed by atoms with E-state index in [0.29, 0.717) is 11.6 Å². The highest BCUT2D eigenvalue weighted by atomic mass is 16.6. The largest absolute Gasteiger partial charge is 0.508 e. The molecular weight excluding hydrogens is 268 g/mol. The van der Waals surface area contributed by atoms with Gasteiger partial charge >= 0.3 is 0 Å². The van der Waals surface area contributed by atoms with Gasteiger partial charge in [-0.1, -0.05) is 30.3 Å². The predicted octanol–water partition coefficient (Wildman–Crippen LogP) is 3.66. The zero-order valence-corrected chi connectivity index (χ0v) is 11.4. The van der Waals surface area contributed by atoms with Crippen LogP contribution < -0.4 is 5.32 Å². The van der Waals surface area contributed by atoms with Crippen LogP contribution in [-0.2, 0) is 0 Å². The average molecular weight is 284 g/mol. The molecule has 0 radical (unpaired) electrons. The fourth-order valence-electron chi connectivity index (χ4n) is 2.75. The number of phenols is 1. The first-order valence-corrected chi connectivity index (χ1v) is 6.92. The summed E-state index contributed by atoms with van der Waals surface area (Å²) in [5, 5.41) is 23.6. The van der Waals surface area contributed by atoms with Crippen molar-refractivity contribution >= 4 is 11.4 Å². The number of hydrogen-bond acceptors (Lipinski definition) is 4. The highest BCUT2D eigenvalue weighted by Gasteiger charge is 2.31. The van der Waals surface area contributed by atoms with Crippen LogP contribution in [0.25, 0.3) is 0 Å². The quantitative estimate of drug-likeness (QED) is 0.510. The minimum Gasteiger partial charge on any atom is -0.508 e. The van der Waals surface area contributed by atoms with Crippen molar-refractivity contribution in [3.05, 3.63) is 64.2 Å². The maximum Gasteiger partial charge on any atom is 0.296 e. The van der Waals surface area contributed by atoms with Gasteiger partial charge in [0.15, 0.2) is 0 Å². The van der Waals surface area contributed by atoms with E-state index < -0.39 is 4.92 Å². The van der Waals surface area contributed by atoms with Gasteiger partial charge in [0, 0.05) is 6.04 Å². The third kappa shape index (κ3) is 2.81. The predicted molar refractivity (Wildman–Crippen MR) is 80.6 cm³/mol. The SMILES string of the molecule is O=[N+]([O-])c1cc(O)ccc1NC1CC(c2ccccc2)C1. The first-order chi connectivity index (χ1) is 10.1. The van der Waals surface area contributed by atoms with Gasteiger partial charge < -0.3 is 10.4 Å². The summed E-state index contributed by atoms with van der Waals surface area (Å²) in [5.74, 6) is 0.419. The molecule has 1 aliphatic rings. The zero-order chi connectivity index (χ0) is 14.8. The van der Waals surface area contributed by atoms with E-state index in [4.69, 9.17) is 0 Å². The Labute approximate surface area is 122 Å². The topological polar surface area (TPSA) is 75.4 Å². The Kier molecular flexibility index (Phi) is 3.48. The van der Waals surface area contributed by atoms with Crippen molar-refractivity contribution in [2.75, 3.05) is 5.32 Å². The second-order valence-electron chi connectivity index (χ2n) is 5.38. The van der Waals surface area contributed by atoms with Crippen LogP contribution in [0.2, 0.25) is 0 Å². The van der Waals surface area contributed by atoms with Gasteiger partial charge in [0.2, 0.25) is 0 Å². The van der Waals surface area contributed by atoms with Crippen LogP contribution in [0.5, 0.6) is 5.75 Å². The monoisotopic (exact) mass is 284 g/mol. The van der Waals surface area contributed by atoms with E-state index in [9.17, 15) is 15.2 Å². The van der Waals surface area contributed by atoms with Crippen molar-refractivity contribution in [3.8, 4) is 5.75 Å². The van der Waals surface area contributed by atoms with E-state index in [-0.39, 0.29) is 17.5 Å². The summed E-state index contributed by atoms with van der Waals surface area (Å²) in [5.41, 5.74) is 1.70. The lowest BCUT2D eigenvalue weighted by Crippen LogP contribution is -2.34. The molecule has 21 heavy (non-hydrogen) atoms. The normalized spacial score (nSPS) is 20.6. The lowest BCUT2D eigenvalue weighted by atomic mass is 9.76. The molecule has 2 N–H and O–H groups in total. The molecule has 0 bridgehead atoms. The minimum atomic E-state index is -0.477. The molecule has 5 heteroatoms. The van der Waals surface area contributed by atoms with Crippen molar-refractivity contribution in [1.82, 2.24) is 0 Å². The summed E-state index contributed by atoms with van der Waals surface area (Å²) in [6.07, 6.45) is 1.92. The van der Waals surface area contributed by atoms with Gasteiger partial charge in [-0.25, -0.2) is 0 Å². The van der Waals surface area contributed by atoms with Crippen LogP contribution in [0, 0.1) is 10.1 Å². The number of nitrogens with zero attached hydrogens (tertiary/aromatic N) is 1. The van der Waals surface area contributed by atoms with Crippen LogP contribution in [-0.4, -0.2) is 16.1 Å². The van der Waals surface area contributed by atoms with Gasteiger partial charge in [-0.2, -0.15) is 0 Å². The first kappa shape index (κ1) is 13.4. The van der Waals surface area contributed by atoms with E-state index in [1.54, 1.807) is 6.07 Å². The molecule has 0 aliphatic heterocycles. The number of benzene rings is 2. The number of rotatable bonds is 4. The second kappa shape index (κ2) is 5.44. The smallest absolute Gasteiger partial charge is 0.296 e. The maximum absolute atomic E-state index is 11.0. The number of aromatic hydroxyl groups is 1. The summed E-state index contributed by atoms with van der Waals surface area (Å²) in [4.78, 5) is 10.5. The van der Waals surface area contributed by atoms with E-state index in [1.165, 1.54) is 17.7 Å². The van der Waals surface area contributed by atoms with Crippen molar-refractivity contribution < 1.29 is 10.0 Å². The summed E-state index contributed by atoms with van der Waals surface area (Å²) in [6.45, 7) is 0. The number of nitro groups is 1. The van der Waals surface area contributed by atoms with Crippen LogP contribution in [0.4, 0.5) is 11.4 Å². The third-order valence-corrected chi connectivity index (χ3v) is 3.95. The maximum atomic E-state index is 11.0. The summed E-state index contributed by atoms with van der Waals surface area (Å²) in [6, 6.07) is 14.7. The summed E-state index contributed by atoms with van der Waals surface area (Å²) < 4.78 is 0. The van der Waals surface area contributed by atoms with Crippen molar-refractivity contribution in [2.45, 2.75) is 24.8 Å². The molecule has 0 atom stereocenters. The molecule has 108 valence electrons. The second-order valence-corrected chi connectivity index (χ2v) is 5.38. The fraction of sp³-hybridized carbons (Fsp3) is 0.250. The molecular formula is C16H16N2O3. The van der Waals surface area contributed by atoms with Crippen molar-refractivity contribution in [2.24, 2.45) is 0 Å². The van der Waals surface area contributed by atoms with Gasteiger partial charge in [-0.3, -0.25) is 10.1 Å². The highest BCUT2D eigenvalue weighted by Crippen LogP contribution is 2.40. The Morgan fingerprint density at radius 3 is 2.52 bits per heavy atom. The third-order valence-electron chi connectivity index (χ3n) is 3.95. The van der Waals surface area contributed by atoms with Gasteiger partial charge in [0.1, 0.15) is 11.4 Å². The molecule has 2 aromatic carbocycles. The molecule has 1 fully saturated rings. The Bertz CT molecular complexity index is 652. The molecule has 0 amide bonds. The van der Waals surface area contributed by atoms with Gasteiger partial charge in [0.25, 0.3) is 5.69 Å². The molecule has 0 spiro atoms. The van der Waals surface area contributed by atoms with Crippen LogP contribution >= 0.6 is 0 Å². The molecule has 5 nitrogen and oxygen atoms in total. The minimum absolute atomic E-state index is 0.0850. The molecule has 3 rings (SSSR count). The lowest BCUT2D eigenvalue weighted by molar-refractivity contribution is -0.384. The van der Waals surface area contributed by atoms with Gasteiger partial charge in [0.05, 0.1) is 11.0 Å². The number of anilines is 1. The molecule has 1 saturated carbocycles. The van der Waals surface area contributed by atoms with Crippen LogP contribution in [0.15, 0.2) is 48.5 Å². The lowest BCUT2D eigenvalue weighted by Gasteiger charge is -2.36. The summed E-state index contributed by atoms with van der Waals surface area (Å²) in [7, 11) is 0. The van der Waals surface area contributed by atoms with E-state index in [2.05, 4.69) is 17.4 Å². The molecule has 0 unspecified atom stereocenters. The Morgan fingerprint density at radius 2 is 1.86 bits per heavy atom. The zero-order valence-electron chi connectivity index (χ0n) is 11.4. The van der Waals surface area contributed by atoms with Crippen molar-refractivity contribution in [1.29, 1.82) is 0 Å². The van der Waals surface area contributed by atoms with Crippen LogP contribution in [0.1, 0.15) is 24.3 Å². The molecule has 1 aliphatic carbocycles. The number of phenolic OH excluding ortho intramolecular Hbond substituents is 1. The van der Waals surface area contributed by atoms with Gasteiger partial charge in [-0.15, -0.1) is 0 Å². The Hall–Kier alpha value is -2.56. The van der Waals surface area contributed by atoms with E-state index in [1.807, 2.05) is 18.2 Å². The van der Waals surface area contributed by atoms with E-state index >= 15 is 0 Å². The van der Waals surface area contributed by atoms with E-state index in [0.717, 1.165) is 12.8 Å². The van der Waals surface area contributed by atoms with Gasteiger partial charge in [-0.05, 0) is 36.5 Å². The average Bonchev–Trinajstić information content (AvgIpc) is 2.44. The number of nitrogens with one attached hydrogen (secondary N) is 1.